The Hall–Kier alpha value is -4.03. The average molecular weight is 671 g/mol. The summed E-state index contributed by atoms with van der Waals surface area (Å²) in [6, 6.07) is -6.72. The second kappa shape index (κ2) is 21.0. The first kappa shape index (κ1) is 41.0. The Bertz CT molecular complexity index is 1100. The quantitative estimate of drug-likeness (QED) is 0.0324. The first-order chi connectivity index (χ1) is 22.1. The van der Waals surface area contributed by atoms with Crippen molar-refractivity contribution in [3.63, 3.8) is 0 Å². The number of hydrogen-bond donors (Lipinski definition) is 10. The summed E-state index contributed by atoms with van der Waals surface area (Å²) in [7, 11) is 0. The second-order valence-corrected chi connectivity index (χ2v) is 12.1. The van der Waals surface area contributed by atoms with Crippen molar-refractivity contribution >= 4 is 41.5 Å². The number of amides is 5. The van der Waals surface area contributed by atoms with Crippen LogP contribution < -0.4 is 44.2 Å². The lowest BCUT2D eigenvalue weighted by molar-refractivity contribution is -0.149. The molecule has 268 valence electrons. The summed E-state index contributed by atoms with van der Waals surface area (Å²) in [4.78, 5) is 81.8. The molecule has 0 aromatic carbocycles. The number of aliphatic hydroxyl groups is 1. The van der Waals surface area contributed by atoms with Crippen LogP contribution in [0.3, 0.4) is 0 Å². The zero-order valence-electron chi connectivity index (χ0n) is 27.6. The highest BCUT2D eigenvalue weighted by Crippen LogP contribution is 2.20. The van der Waals surface area contributed by atoms with Crippen molar-refractivity contribution in [2.24, 2.45) is 33.8 Å². The fourth-order valence-corrected chi connectivity index (χ4v) is 5.01. The number of likely N-dealkylation sites (tertiary alicyclic amines) is 1. The lowest BCUT2D eigenvalue weighted by atomic mass is 10.0. The van der Waals surface area contributed by atoms with Crippen molar-refractivity contribution in [1.82, 2.24) is 26.2 Å². The second-order valence-electron chi connectivity index (χ2n) is 12.1. The fraction of sp³-hybridized carbons (Fsp3) is 0.759. The van der Waals surface area contributed by atoms with E-state index in [0.29, 0.717) is 38.6 Å². The van der Waals surface area contributed by atoms with Gasteiger partial charge in [-0.3, -0.25) is 29.0 Å². The van der Waals surface area contributed by atoms with Crippen LogP contribution in [0.2, 0.25) is 0 Å². The van der Waals surface area contributed by atoms with E-state index in [0.717, 1.165) is 0 Å². The summed E-state index contributed by atoms with van der Waals surface area (Å²) in [5.74, 6) is -4.73. The van der Waals surface area contributed by atoms with Gasteiger partial charge in [0, 0.05) is 13.1 Å². The van der Waals surface area contributed by atoms with Gasteiger partial charge in [0.1, 0.15) is 30.2 Å². The monoisotopic (exact) mass is 670 g/mol. The topological polar surface area (TPSA) is 311 Å². The summed E-state index contributed by atoms with van der Waals surface area (Å²) in [6.07, 6.45) is 2.99. The van der Waals surface area contributed by atoms with E-state index < -0.39 is 78.4 Å². The highest BCUT2D eigenvalue weighted by atomic mass is 16.4. The third-order valence-corrected chi connectivity index (χ3v) is 7.59. The third-order valence-electron chi connectivity index (χ3n) is 7.59. The fourth-order valence-electron chi connectivity index (χ4n) is 5.01. The van der Waals surface area contributed by atoms with Crippen LogP contribution in [0.15, 0.2) is 4.99 Å². The Kier molecular flexibility index (Phi) is 18.3. The van der Waals surface area contributed by atoms with Crippen LogP contribution in [0.4, 0.5) is 0 Å². The van der Waals surface area contributed by atoms with Crippen molar-refractivity contribution in [1.29, 1.82) is 0 Å². The Morgan fingerprint density at radius 1 is 0.851 bits per heavy atom. The summed E-state index contributed by atoms with van der Waals surface area (Å²) in [5, 5.41) is 29.4. The van der Waals surface area contributed by atoms with Crippen LogP contribution in [0, 0.1) is 5.92 Å². The summed E-state index contributed by atoms with van der Waals surface area (Å²) < 4.78 is 0. The number of carbonyl (C=O) groups is 6. The van der Waals surface area contributed by atoms with Crippen LogP contribution in [0.25, 0.3) is 0 Å². The molecule has 0 saturated carbocycles. The van der Waals surface area contributed by atoms with Gasteiger partial charge < -0.3 is 59.3 Å². The first-order valence-electron chi connectivity index (χ1n) is 16.0. The zero-order chi connectivity index (χ0) is 35.7. The van der Waals surface area contributed by atoms with E-state index in [9.17, 15) is 39.0 Å². The molecule has 0 spiro atoms. The first-order valence-corrected chi connectivity index (χ1v) is 16.0. The number of guanidine groups is 1. The lowest BCUT2D eigenvalue weighted by Gasteiger charge is -2.28. The van der Waals surface area contributed by atoms with E-state index in [-0.39, 0.29) is 44.2 Å². The zero-order valence-corrected chi connectivity index (χ0v) is 27.6. The predicted molar refractivity (Wildman–Crippen MR) is 173 cm³/mol. The molecule has 14 N–H and O–H groups in total. The van der Waals surface area contributed by atoms with Gasteiger partial charge in [0.25, 0.3) is 0 Å². The van der Waals surface area contributed by atoms with Crippen LogP contribution in [0.1, 0.15) is 72.1 Å². The minimum atomic E-state index is -1.47. The van der Waals surface area contributed by atoms with Crippen LogP contribution in [-0.4, -0.2) is 119 Å². The van der Waals surface area contributed by atoms with E-state index in [1.807, 2.05) is 13.8 Å². The molecule has 1 rings (SSSR count). The van der Waals surface area contributed by atoms with Gasteiger partial charge in [0.05, 0.1) is 12.6 Å². The van der Waals surface area contributed by atoms with E-state index in [4.69, 9.17) is 22.9 Å². The number of carboxylic acids is 1. The van der Waals surface area contributed by atoms with E-state index >= 15 is 0 Å². The lowest BCUT2D eigenvalue weighted by Crippen LogP contribution is -2.59. The number of nitrogens with zero attached hydrogens (tertiary/aromatic N) is 2. The number of hydrogen-bond acceptors (Lipinski definition) is 10. The molecular weight excluding hydrogens is 616 g/mol. The molecule has 1 saturated heterocycles. The maximum absolute atomic E-state index is 13.3. The van der Waals surface area contributed by atoms with Crippen LogP contribution >= 0.6 is 0 Å². The van der Waals surface area contributed by atoms with Gasteiger partial charge in [-0.2, -0.15) is 0 Å². The number of nitrogens with two attached hydrogens (primary N) is 4. The largest absolute Gasteiger partial charge is 0.480 e. The number of aliphatic hydroxyl groups excluding tert-OH is 1. The molecule has 0 radical (unpaired) electrons. The number of aliphatic carboxylic acids is 1. The van der Waals surface area contributed by atoms with Gasteiger partial charge in [-0.15, -0.1) is 0 Å². The minimum absolute atomic E-state index is 0.0406. The number of rotatable bonds is 21. The molecule has 18 nitrogen and oxygen atoms in total. The van der Waals surface area contributed by atoms with Gasteiger partial charge in [-0.25, -0.2) is 4.79 Å². The van der Waals surface area contributed by atoms with Gasteiger partial charge >= 0.3 is 5.97 Å². The summed E-state index contributed by atoms with van der Waals surface area (Å²) in [5.41, 5.74) is 22.1. The summed E-state index contributed by atoms with van der Waals surface area (Å²) >= 11 is 0. The van der Waals surface area contributed by atoms with Crippen molar-refractivity contribution in [2.45, 2.75) is 108 Å². The average Bonchev–Trinajstić information content (AvgIpc) is 3.50. The Morgan fingerprint density at radius 3 is 2.04 bits per heavy atom. The molecule has 0 unspecified atom stereocenters. The summed E-state index contributed by atoms with van der Waals surface area (Å²) in [6.45, 7) is 5.09. The molecule has 0 aromatic rings. The van der Waals surface area contributed by atoms with E-state index in [1.54, 1.807) is 0 Å². The molecule has 1 aliphatic heterocycles. The number of nitrogens with one attached hydrogen (secondary N) is 4. The van der Waals surface area contributed by atoms with Crippen LogP contribution in [-0.2, 0) is 28.8 Å². The molecule has 6 atom stereocenters. The normalized spacial score (nSPS) is 17.5. The molecule has 1 aliphatic rings. The molecular formula is C29H54N10O8. The van der Waals surface area contributed by atoms with Gasteiger partial charge in [0.15, 0.2) is 5.96 Å². The van der Waals surface area contributed by atoms with Crippen LogP contribution in [0.5, 0.6) is 0 Å². The number of carbonyl (C=O) groups excluding carboxylic acids is 5. The van der Waals surface area contributed by atoms with Crippen molar-refractivity contribution < 1.29 is 39.0 Å². The maximum Gasteiger partial charge on any atom is 0.326 e. The molecule has 47 heavy (non-hydrogen) atoms. The molecule has 18 heteroatoms. The van der Waals surface area contributed by atoms with Gasteiger partial charge in [-0.1, -0.05) is 13.8 Å². The van der Waals surface area contributed by atoms with Crippen molar-refractivity contribution in [3.05, 3.63) is 0 Å². The van der Waals surface area contributed by atoms with E-state index in [1.165, 1.54) is 11.8 Å². The highest BCUT2D eigenvalue weighted by molar-refractivity contribution is 5.96. The molecule has 0 aromatic heterocycles. The Labute approximate surface area is 275 Å². The molecule has 0 aliphatic carbocycles. The highest BCUT2D eigenvalue weighted by Gasteiger charge is 2.38. The molecule has 0 bridgehead atoms. The van der Waals surface area contributed by atoms with Gasteiger partial charge in [-0.05, 0) is 70.8 Å². The third kappa shape index (κ3) is 14.5. The number of carboxylic acid groups (broad SMARTS) is 1. The predicted octanol–water partition coefficient (Wildman–Crippen LogP) is -3.43. The molecule has 5 amide bonds. The standard InChI is InChI=1S/C29H54N10O8/c1-16(2)14-20(37-24(42)18(31)8-6-12-34-29(32)33)25(43)38-21(15-40)26(44)35-17(3)23(41)36-19(9-4-5-11-30)27(45)39-13-7-10-22(39)28(46)47/h16-22,40H,4-15,30-31H2,1-3H3,(H,35,44)(H,36,41)(H,37,42)(H,38,43)(H,46,47)(H4,32,33,34)/t17-,18-,19-,20-,21-,22-/m0/s1. The molecule has 1 fully saturated rings. The van der Waals surface area contributed by atoms with Crippen molar-refractivity contribution in [3.8, 4) is 0 Å². The smallest absolute Gasteiger partial charge is 0.326 e. The number of aliphatic imine (C=N–C) groups is 1. The maximum atomic E-state index is 13.3. The Balaban J connectivity index is 2.87. The van der Waals surface area contributed by atoms with E-state index in [2.05, 4.69) is 26.3 Å². The minimum Gasteiger partial charge on any atom is -0.480 e. The Morgan fingerprint density at radius 2 is 1.47 bits per heavy atom. The SMILES string of the molecule is CC(C)C[C@H](NC(=O)[C@@H](N)CCCN=C(N)N)C(=O)N[C@@H](CO)C(=O)N[C@@H](C)C(=O)N[C@@H](CCCCN)C(=O)N1CCC[C@H]1C(=O)O. The number of unbranched alkanes of at least 4 members (excludes halogenated alkanes) is 1. The van der Waals surface area contributed by atoms with Gasteiger partial charge in [0.2, 0.25) is 29.5 Å². The van der Waals surface area contributed by atoms with Crippen molar-refractivity contribution in [2.75, 3.05) is 26.2 Å². The molecule has 1 heterocycles.